The summed E-state index contributed by atoms with van der Waals surface area (Å²) in [5.41, 5.74) is 1.05. The zero-order valence-corrected chi connectivity index (χ0v) is 12.8. The van der Waals surface area contributed by atoms with Gasteiger partial charge in [-0.15, -0.1) is 0 Å². The average Bonchev–Trinajstić information content (AvgIpc) is 3.21. The number of benzene rings is 1. The standard InChI is InChI=1S/C19H26O2/c20-19(13-11-18(12-14-19)9-1-2-10-18)15-3-5-16(6-4-15)21-17-7-8-17/h3-6,17,20H,1-2,7-14H2. The summed E-state index contributed by atoms with van der Waals surface area (Å²) in [4.78, 5) is 0. The third-order valence-electron chi connectivity index (χ3n) is 6.02. The maximum atomic E-state index is 11.0. The van der Waals surface area contributed by atoms with E-state index < -0.39 is 5.60 Å². The third kappa shape index (κ3) is 2.70. The number of rotatable bonds is 3. The molecule has 2 nitrogen and oxygen atoms in total. The normalized spacial score (nSPS) is 26.9. The summed E-state index contributed by atoms with van der Waals surface area (Å²) in [7, 11) is 0. The van der Waals surface area contributed by atoms with E-state index in [1.165, 1.54) is 51.4 Å². The molecule has 0 heterocycles. The first-order valence-electron chi connectivity index (χ1n) is 8.67. The zero-order chi connectivity index (χ0) is 14.3. The van der Waals surface area contributed by atoms with Crippen LogP contribution < -0.4 is 4.74 Å². The highest BCUT2D eigenvalue weighted by molar-refractivity contribution is 5.31. The molecule has 0 radical (unpaired) electrons. The lowest BCUT2D eigenvalue weighted by atomic mass is 9.66. The molecule has 1 N–H and O–H groups in total. The summed E-state index contributed by atoms with van der Waals surface area (Å²) >= 11 is 0. The van der Waals surface area contributed by atoms with Crippen LogP contribution in [0.1, 0.15) is 69.8 Å². The lowest BCUT2D eigenvalue weighted by Gasteiger charge is -2.42. The van der Waals surface area contributed by atoms with Gasteiger partial charge >= 0.3 is 0 Å². The van der Waals surface area contributed by atoms with Gasteiger partial charge in [-0.2, -0.15) is 0 Å². The quantitative estimate of drug-likeness (QED) is 0.883. The Balaban J connectivity index is 1.44. The van der Waals surface area contributed by atoms with Gasteiger partial charge in [0.1, 0.15) is 5.75 Å². The second kappa shape index (κ2) is 5.01. The molecule has 0 amide bonds. The van der Waals surface area contributed by atoms with Crippen molar-refractivity contribution in [3.63, 3.8) is 0 Å². The average molecular weight is 286 g/mol. The van der Waals surface area contributed by atoms with Crippen LogP contribution in [0.15, 0.2) is 24.3 Å². The van der Waals surface area contributed by atoms with Crippen LogP contribution in [-0.4, -0.2) is 11.2 Å². The van der Waals surface area contributed by atoms with Gasteiger partial charge in [0, 0.05) is 0 Å². The number of aliphatic hydroxyl groups is 1. The van der Waals surface area contributed by atoms with E-state index in [0.29, 0.717) is 11.5 Å². The van der Waals surface area contributed by atoms with Gasteiger partial charge in [0.05, 0.1) is 11.7 Å². The van der Waals surface area contributed by atoms with Gasteiger partial charge in [0.2, 0.25) is 0 Å². The van der Waals surface area contributed by atoms with Crippen LogP contribution in [0.25, 0.3) is 0 Å². The first-order chi connectivity index (χ1) is 10.2. The van der Waals surface area contributed by atoms with Crippen molar-refractivity contribution in [3.8, 4) is 5.75 Å². The van der Waals surface area contributed by atoms with Crippen molar-refractivity contribution in [1.82, 2.24) is 0 Å². The number of hydrogen-bond acceptors (Lipinski definition) is 2. The highest BCUT2D eigenvalue weighted by atomic mass is 16.5. The molecular weight excluding hydrogens is 260 g/mol. The summed E-state index contributed by atoms with van der Waals surface area (Å²) in [5, 5.41) is 11.0. The molecular formula is C19H26O2. The van der Waals surface area contributed by atoms with Crippen molar-refractivity contribution in [2.45, 2.75) is 75.9 Å². The lowest BCUT2D eigenvalue weighted by molar-refractivity contribution is -0.0376. The highest BCUT2D eigenvalue weighted by Crippen LogP contribution is 2.53. The maximum Gasteiger partial charge on any atom is 0.119 e. The predicted octanol–water partition coefficient (Wildman–Crippen LogP) is 4.55. The van der Waals surface area contributed by atoms with Crippen molar-refractivity contribution >= 4 is 0 Å². The topological polar surface area (TPSA) is 29.5 Å². The maximum absolute atomic E-state index is 11.0. The smallest absolute Gasteiger partial charge is 0.119 e. The Morgan fingerprint density at radius 2 is 1.48 bits per heavy atom. The molecule has 0 bridgehead atoms. The minimum absolute atomic E-state index is 0.441. The van der Waals surface area contributed by atoms with E-state index in [0.717, 1.165) is 24.2 Å². The molecule has 1 aromatic carbocycles. The first kappa shape index (κ1) is 13.6. The molecule has 0 aromatic heterocycles. The summed E-state index contributed by atoms with van der Waals surface area (Å²) in [6.07, 6.45) is 12.6. The van der Waals surface area contributed by atoms with E-state index >= 15 is 0 Å². The Bertz CT molecular complexity index is 485. The van der Waals surface area contributed by atoms with Crippen molar-refractivity contribution < 1.29 is 9.84 Å². The highest BCUT2D eigenvalue weighted by Gasteiger charge is 2.43. The monoisotopic (exact) mass is 286 g/mol. The molecule has 1 aromatic rings. The van der Waals surface area contributed by atoms with Gasteiger partial charge in [-0.05, 0) is 74.5 Å². The molecule has 0 aliphatic heterocycles. The van der Waals surface area contributed by atoms with E-state index in [-0.39, 0.29) is 0 Å². The minimum atomic E-state index is -0.605. The summed E-state index contributed by atoms with van der Waals surface area (Å²) in [6.45, 7) is 0. The molecule has 3 aliphatic carbocycles. The largest absolute Gasteiger partial charge is 0.490 e. The molecule has 114 valence electrons. The van der Waals surface area contributed by atoms with E-state index in [1.54, 1.807) is 0 Å². The van der Waals surface area contributed by atoms with Crippen LogP contribution >= 0.6 is 0 Å². The van der Waals surface area contributed by atoms with E-state index in [9.17, 15) is 5.11 Å². The van der Waals surface area contributed by atoms with Crippen LogP contribution in [0.3, 0.4) is 0 Å². The molecule has 3 saturated carbocycles. The van der Waals surface area contributed by atoms with Crippen molar-refractivity contribution in [3.05, 3.63) is 29.8 Å². The van der Waals surface area contributed by atoms with Crippen LogP contribution in [0.2, 0.25) is 0 Å². The fourth-order valence-corrected chi connectivity index (χ4v) is 4.33. The fourth-order valence-electron chi connectivity index (χ4n) is 4.33. The SMILES string of the molecule is OC1(c2ccc(OC3CC3)cc2)CCC2(CCCC2)CC1. The zero-order valence-electron chi connectivity index (χ0n) is 12.8. The molecule has 0 saturated heterocycles. The molecule has 4 rings (SSSR count). The van der Waals surface area contributed by atoms with Crippen LogP contribution in [0.5, 0.6) is 5.75 Å². The molecule has 0 unspecified atom stereocenters. The molecule has 3 aliphatic rings. The van der Waals surface area contributed by atoms with Gasteiger partial charge in [-0.25, -0.2) is 0 Å². The molecule has 2 heteroatoms. The summed E-state index contributed by atoms with van der Waals surface area (Å²) in [5.74, 6) is 0.952. The van der Waals surface area contributed by atoms with Crippen molar-refractivity contribution in [2.24, 2.45) is 5.41 Å². The van der Waals surface area contributed by atoms with Crippen LogP contribution in [0.4, 0.5) is 0 Å². The molecule has 1 spiro atoms. The van der Waals surface area contributed by atoms with Crippen LogP contribution in [0, 0.1) is 5.41 Å². The van der Waals surface area contributed by atoms with Crippen molar-refractivity contribution in [1.29, 1.82) is 0 Å². The van der Waals surface area contributed by atoms with Gasteiger partial charge in [-0.1, -0.05) is 25.0 Å². The fraction of sp³-hybridized carbons (Fsp3) is 0.684. The van der Waals surface area contributed by atoms with Gasteiger partial charge < -0.3 is 9.84 Å². The summed E-state index contributed by atoms with van der Waals surface area (Å²) in [6, 6.07) is 8.21. The second-order valence-electron chi connectivity index (χ2n) is 7.58. The Morgan fingerprint density at radius 3 is 2.05 bits per heavy atom. The van der Waals surface area contributed by atoms with Gasteiger partial charge in [-0.3, -0.25) is 0 Å². The third-order valence-corrected chi connectivity index (χ3v) is 6.02. The van der Waals surface area contributed by atoms with Gasteiger partial charge in [0.25, 0.3) is 0 Å². The number of hydrogen-bond donors (Lipinski definition) is 1. The summed E-state index contributed by atoms with van der Waals surface area (Å²) < 4.78 is 5.80. The molecule has 21 heavy (non-hydrogen) atoms. The Kier molecular flexibility index (Phi) is 3.25. The first-order valence-corrected chi connectivity index (χ1v) is 8.67. The van der Waals surface area contributed by atoms with E-state index in [4.69, 9.17) is 4.74 Å². The minimum Gasteiger partial charge on any atom is -0.490 e. The second-order valence-corrected chi connectivity index (χ2v) is 7.58. The van der Waals surface area contributed by atoms with E-state index in [1.807, 2.05) is 12.1 Å². The van der Waals surface area contributed by atoms with Crippen molar-refractivity contribution in [2.75, 3.05) is 0 Å². The molecule has 3 fully saturated rings. The Labute approximate surface area is 127 Å². The Morgan fingerprint density at radius 1 is 0.857 bits per heavy atom. The van der Waals surface area contributed by atoms with Gasteiger partial charge in [0.15, 0.2) is 0 Å². The van der Waals surface area contributed by atoms with E-state index in [2.05, 4.69) is 12.1 Å². The van der Waals surface area contributed by atoms with Crippen LogP contribution in [-0.2, 0) is 5.60 Å². The lowest BCUT2D eigenvalue weighted by Crippen LogP contribution is -2.35. The predicted molar refractivity (Wildman–Crippen MR) is 83.4 cm³/mol. The molecule has 0 atom stereocenters. The number of ether oxygens (including phenoxy) is 1. The Hall–Kier alpha value is -1.02.